The van der Waals surface area contributed by atoms with E-state index in [1.165, 1.54) is 32.2 Å². The lowest BCUT2D eigenvalue weighted by Gasteiger charge is -2.32. The van der Waals surface area contributed by atoms with E-state index in [0.717, 1.165) is 19.1 Å². The maximum Gasteiger partial charge on any atom is 0.417 e. The molecule has 1 aromatic heterocycles. The molecule has 34 heavy (non-hydrogen) atoms. The van der Waals surface area contributed by atoms with E-state index < -0.39 is 58.9 Å². The minimum absolute atomic E-state index is 0.0588. The van der Waals surface area contributed by atoms with Crippen LogP contribution in [0.3, 0.4) is 0 Å². The summed E-state index contributed by atoms with van der Waals surface area (Å²) >= 11 is 0. The van der Waals surface area contributed by atoms with Gasteiger partial charge in [0.05, 0.1) is 12.3 Å². The van der Waals surface area contributed by atoms with Crippen LogP contribution in [-0.4, -0.2) is 36.3 Å². The number of carbonyl (C=O) groups is 2. The summed E-state index contributed by atoms with van der Waals surface area (Å²) in [5.74, 6) is -7.77. The summed E-state index contributed by atoms with van der Waals surface area (Å²) in [6, 6.07) is 4.38. The summed E-state index contributed by atoms with van der Waals surface area (Å²) in [5, 5.41) is 2.40. The second kappa shape index (κ2) is 9.16. The SMILES string of the molecule is CCOc1c([C@H]2[C@H](C(=O)Nc3cc[nH+]c(C(N)=O)c3)O[C@@](C)(C(F)(F)F)[C@H]2C)ccc(F)c1F. The Kier molecular flexibility index (Phi) is 6.83. The fourth-order valence-corrected chi connectivity index (χ4v) is 4.02. The Balaban J connectivity index is 2.09. The van der Waals surface area contributed by atoms with Crippen molar-refractivity contribution in [3.63, 3.8) is 0 Å². The fourth-order valence-electron chi connectivity index (χ4n) is 4.02. The van der Waals surface area contributed by atoms with Crippen molar-refractivity contribution in [2.45, 2.75) is 44.6 Å². The molecule has 7 nitrogen and oxygen atoms in total. The van der Waals surface area contributed by atoms with Crippen LogP contribution in [-0.2, 0) is 9.53 Å². The molecule has 0 unspecified atom stereocenters. The molecule has 2 amide bonds. The lowest BCUT2D eigenvalue weighted by atomic mass is 9.77. The van der Waals surface area contributed by atoms with E-state index in [9.17, 15) is 31.5 Å². The minimum atomic E-state index is -4.88. The van der Waals surface area contributed by atoms with Gasteiger partial charge in [0.2, 0.25) is 5.82 Å². The second-order valence-electron chi connectivity index (χ2n) is 8.01. The minimum Gasteiger partial charge on any atom is -0.490 e. The number of halogens is 5. The summed E-state index contributed by atoms with van der Waals surface area (Å²) in [5.41, 5.74) is 2.27. The largest absolute Gasteiger partial charge is 0.490 e. The average molecular weight is 488 g/mol. The van der Waals surface area contributed by atoms with Gasteiger partial charge in [0.15, 0.2) is 23.4 Å². The van der Waals surface area contributed by atoms with E-state index in [4.69, 9.17) is 15.2 Å². The van der Waals surface area contributed by atoms with E-state index in [2.05, 4.69) is 10.3 Å². The van der Waals surface area contributed by atoms with Gasteiger partial charge in [-0.05, 0) is 19.9 Å². The molecule has 2 aromatic rings. The van der Waals surface area contributed by atoms with E-state index in [0.29, 0.717) is 0 Å². The van der Waals surface area contributed by atoms with Crippen LogP contribution in [0.4, 0.5) is 27.6 Å². The smallest absolute Gasteiger partial charge is 0.417 e. The molecule has 12 heteroatoms. The van der Waals surface area contributed by atoms with Gasteiger partial charge in [-0.15, -0.1) is 0 Å². The predicted molar refractivity (Wildman–Crippen MR) is 109 cm³/mol. The summed E-state index contributed by atoms with van der Waals surface area (Å²) in [6.07, 6.45) is -5.34. The van der Waals surface area contributed by atoms with Crippen LogP contribution in [0.25, 0.3) is 0 Å². The van der Waals surface area contributed by atoms with Crippen molar-refractivity contribution in [2.75, 3.05) is 11.9 Å². The monoisotopic (exact) mass is 488 g/mol. The molecule has 1 fully saturated rings. The number of rotatable bonds is 6. The molecule has 0 spiro atoms. The van der Waals surface area contributed by atoms with Gasteiger partial charge in [-0.25, -0.2) is 9.37 Å². The van der Waals surface area contributed by atoms with E-state index in [1.54, 1.807) is 0 Å². The van der Waals surface area contributed by atoms with Gasteiger partial charge in [0, 0.05) is 29.5 Å². The number of anilines is 1. The number of hydrogen-bond acceptors (Lipinski definition) is 4. The first-order valence-corrected chi connectivity index (χ1v) is 10.3. The number of carbonyl (C=O) groups excluding carboxylic acids is 2. The van der Waals surface area contributed by atoms with Crippen LogP contribution >= 0.6 is 0 Å². The molecule has 0 radical (unpaired) electrons. The number of benzene rings is 1. The number of aromatic amines is 1. The number of H-pyrrole nitrogens is 1. The Bertz CT molecular complexity index is 1110. The highest BCUT2D eigenvalue weighted by Crippen LogP contribution is 2.55. The first kappa shape index (κ1) is 25.3. The highest BCUT2D eigenvalue weighted by atomic mass is 19.4. The number of amides is 2. The van der Waals surface area contributed by atoms with Gasteiger partial charge in [-0.3, -0.25) is 9.59 Å². The molecule has 2 heterocycles. The third kappa shape index (κ3) is 4.41. The van der Waals surface area contributed by atoms with Crippen molar-refractivity contribution >= 4 is 17.5 Å². The molecule has 1 saturated heterocycles. The predicted octanol–water partition coefficient (Wildman–Crippen LogP) is 3.35. The van der Waals surface area contributed by atoms with Gasteiger partial charge >= 0.3 is 12.1 Å². The van der Waals surface area contributed by atoms with Crippen LogP contribution in [0.5, 0.6) is 5.75 Å². The lowest BCUT2D eigenvalue weighted by Crippen LogP contribution is -2.47. The number of primary amides is 1. The Morgan fingerprint density at radius 2 is 1.94 bits per heavy atom. The standard InChI is InChI=1S/C22H22F5N3O4/c1-4-33-17-12(5-6-13(23)16(17)24)15-10(2)21(3,22(25,26)27)34-18(15)20(32)30-11-7-8-29-14(9-11)19(28)31/h5-10,15,18H,4H2,1-3H3,(H2,28,31)(H,29,30,32)/p+1/t10-,15-,18+,21+/m0/s1. The van der Waals surface area contributed by atoms with Crippen molar-refractivity contribution in [3.8, 4) is 5.75 Å². The van der Waals surface area contributed by atoms with Crippen LogP contribution in [0.1, 0.15) is 42.7 Å². The van der Waals surface area contributed by atoms with Gasteiger partial charge in [0.1, 0.15) is 6.10 Å². The fraction of sp³-hybridized carbons (Fsp3) is 0.409. The van der Waals surface area contributed by atoms with Crippen molar-refractivity contribution in [1.82, 2.24) is 0 Å². The van der Waals surface area contributed by atoms with Crippen LogP contribution in [0.15, 0.2) is 30.5 Å². The van der Waals surface area contributed by atoms with Crippen LogP contribution in [0.2, 0.25) is 0 Å². The Morgan fingerprint density at radius 3 is 2.53 bits per heavy atom. The quantitative estimate of drug-likeness (QED) is 0.609. The zero-order valence-corrected chi connectivity index (χ0v) is 18.4. The number of alkyl halides is 3. The first-order valence-electron chi connectivity index (χ1n) is 10.3. The molecule has 1 aromatic carbocycles. The Hall–Kier alpha value is -3.28. The summed E-state index contributed by atoms with van der Waals surface area (Å²) < 4.78 is 80.9. The Morgan fingerprint density at radius 1 is 1.26 bits per heavy atom. The highest BCUT2D eigenvalue weighted by Gasteiger charge is 2.65. The lowest BCUT2D eigenvalue weighted by molar-refractivity contribution is -0.381. The van der Waals surface area contributed by atoms with E-state index >= 15 is 0 Å². The molecule has 4 N–H and O–H groups in total. The zero-order valence-electron chi connectivity index (χ0n) is 18.4. The molecular formula is C22H23F5N3O4+. The van der Waals surface area contributed by atoms with Crippen molar-refractivity contribution in [3.05, 3.63) is 53.4 Å². The van der Waals surface area contributed by atoms with Crippen molar-refractivity contribution < 1.29 is 46.0 Å². The molecule has 3 rings (SSSR count). The average Bonchev–Trinajstić information content (AvgIpc) is 3.04. The molecule has 1 aliphatic rings. The van der Waals surface area contributed by atoms with Gasteiger partial charge in [0.25, 0.3) is 11.6 Å². The van der Waals surface area contributed by atoms with Crippen molar-refractivity contribution in [1.29, 1.82) is 0 Å². The topological polar surface area (TPSA) is 105 Å². The number of hydrogen-bond donors (Lipinski definition) is 2. The van der Waals surface area contributed by atoms with Crippen molar-refractivity contribution in [2.24, 2.45) is 11.7 Å². The first-order chi connectivity index (χ1) is 15.8. The van der Waals surface area contributed by atoms with Gasteiger partial charge < -0.3 is 20.5 Å². The maximum absolute atomic E-state index is 14.5. The van der Waals surface area contributed by atoms with Crippen LogP contribution in [0, 0.1) is 17.6 Å². The number of ether oxygens (including phenoxy) is 2. The molecule has 4 atom stereocenters. The Labute approximate surface area is 191 Å². The summed E-state index contributed by atoms with van der Waals surface area (Å²) in [4.78, 5) is 27.1. The molecular weight excluding hydrogens is 465 g/mol. The molecule has 184 valence electrons. The third-order valence-corrected chi connectivity index (χ3v) is 5.99. The highest BCUT2D eigenvalue weighted by molar-refractivity contribution is 5.97. The normalized spacial score (nSPS) is 24.6. The van der Waals surface area contributed by atoms with Gasteiger partial charge in [-0.1, -0.05) is 13.0 Å². The van der Waals surface area contributed by atoms with Crippen LogP contribution < -0.4 is 20.8 Å². The molecule has 0 saturated carbocycles. The number of aromatic nitrogens is 1. The molecule has 0 bridgehead atoms. The summed E-state index contributed by atoms with van der Waals surface area (Å²) in [6.45, 7) is 3.40. The zero-order chi connectivity index (χ0) is 25.4. The van der Waals surface area contributed by atoms with Gasteiger partial charge in [-0.2, -0.15) is 17.6 Å². The number of nitrogens with two attached hydrogens (primary N) is 1. The maximum atomic E-state index is 14.5. The third-order valence-electron chi connectivity index (χ3n) is 5.99. The number of pyridine rings is 1. The second-order valence-corrected chi connectivity index (χ2v) is 8.01. The van der Waals surface area contributed by atoms with E-state index in [1.807, 2.05) is 0 Å². The molecule has 0 aliphatic carbocycles. The number of nitrogens with one attached hydrogen (secondary N) is 2. The summed E-state index contributed by atoms with van der Waals surface area (Å²) in [7, 11) is 0. The van der Waals surface area contributed by atoms with E-state index in [-0.39, 0.29) is 23.6 Å². The molecule has 1 aliphatic heterocycles.